The van der Waals surface area contributed by atoms with E-state index in [-0.39, 0.29) is 12.0 Å². The van der Waals surface area contributed by atoms with Crippen molar-refractivity contribution in [1.29, 1.82) is 0 Å². The number of amides is 2. The first-order valence-corrected chi connectivity index (χ1v) is 9.01. The van der Waals surface area contributed by atoms with Crippen molar-refractivity contribution in [2.75, 3.05) is 26.7 Å². The molecule has 2 aromatic rings. The lowest BCUT2D eigenvalue weighted by Crippen LogP contribution is -2.39. The molecule has 7 heteroatoms. The maximum atomic E-state index is 12.9. The fraction of sp³-hybridized carbons (Fsp3) is 0.400. The van der Waals surface area contributed by atoms with E-state index in [2.05, 4.69) is 10.2 Å². The minimum absolute atomic E-state index is 0.0453. The maximum Gasteiger partial charge on any atom is 0.410 e. The summed E-state index contributed by atoms with van der Waals surface area (Å²) in [5.74, 6) is -0.0453. The van der Waals surface area contributed by atoms with Crippen molar-refractivity contribution in [3.8, 4) is 11.3 Å². The van der Waals surface area contributed by atoms with E-state index in [9.17, 15) is 9.59 Å². The number of benzene rings is 1. The third-order valence-electron chi connectivity index (χ3n) is 5.51. The van der Waals surface area contributed by atoms with Gasteiger partial charge in [0.15, 0.2) is 5.60 Å². The Morgan fingerprint density at radius 1 is 1.19 bits per heavy atom. The Labute approximate surface area is 157 Å². The Bertz CT molecular complexity index is 912. The average molecular weight is 366 g/mol. The Kier molecular flexibility index (Phi) is 4.09. The molecule has 0 N–H and O–H groups in total. The molecule has 0 radical (unpaired) electrons. The first-order chi connectivity index (χ1) is 12.9. The highest BCUT2D eigenvalue weighted by Gasteiger charge is 2.49. The molecule has 0 aliphatic carbocycles. The van der Waals surface area contributed by atoms with Crippen LogP contribution in [0.25, 0.3) is 11.3 Å². The Balaban J connectivity index is 1.51. The second-order valence-corrected chi connectivity index (χ2v) is 7.46. The number of ether oxygens (including phenoxy) is 1. The van der Waals surface area contributed by atoms with Gasteiger partial charge in [-0.3, -0.25) is 4.79 Å². The molecule has 4 rings (SSSR count). The fourth-order valence-corrected chi connectivity index (χ4v) is 3.78. The monoisotopic (exact) mass is 366 g/mol. The lowest BCUT2D eigenvalue weighted by atomic mass is 10.0. The third-order valence-corrected chi connectivity index (χ3v) is 5.51. The van der Waals surface area contributed by atoms with Crippen LogP contribution in [0.1, 0.15) is 27.9 Å². The van der Waals surface area contributed by atoms with E-state index in [0.29, 0.717) is 31.6 Å². The minimum Gasteiger partial charge on any atom is -0.439 e. The van der Waals surface area contributed by atoms with E-state index in [4.69, 9.17) is 4.74 Å². The molecule has 0 bridgehead atoms. The molecule has 2 fully saturated rings. The van der Waals surface area contributed by atoms with Crippen molar-refractivity contribution in [2.45, 2.75) is 25.9 Å². The summed E-state index contributed by atoms with van der Waals surface area (Å²) < 4.78 is 5.52. The summed E-state index contributed by atoms with van der Waals surface area (Å²) in [4.78, 5) is 27.9. The van der Waals surface area contributed by atoms with Gasteiger partial charge in [-0.15, -0.1) is 0 Å². The molecule has 7 nitrogen and oxygen atoms in total. The second kappa shape index (κ2) is 6.33. The van der Waals surface area contributed by atoms with Crippen LogP contribution in [0.2, 0.25) is 0 Å². The zero-order valence-corrected chi connectivity index (χ0v) is 15.7. The lowest BCUT2D eigenvalue weighted by molar-refractivity contribution is 0.0553. The summed E-state index contributed by atoms with van der Waals surface area (Å²) in [5.41, 5.74) is 3.98. The molecule has 1 aromatic heterocycles. The van der Waals surface area contributed by atoms with Gasteiger partial charge >= 0.3 is 6.09 Å². The van der Waals surface area contributed by atoms with Crippen LogP contribution in [0.5, 0.6) is 0 Å². The quantitative estimate of drug-likeness (QED) is 0.816. The van der Waals surface area contributed by atoms with E-state index in [1.165, 1.54) is 0 Å². The predicted molar refractivity (Wildman–Crippen MR) is 99.3 cm³/mol. The van der Waals surface area contributed by atoms with Gasteiger partial charge in [-0.05, 0) is 37.1 Å². The summed E-state index contributed by atoms with van der Waals surface area (Å²) in [5, 5.41) is 8.25. The molecular formula is C20H22N4O3. The number of hydrogen-bond donors (Lipinski definition) is 0. The van der Waals surface area contributed by atoms with Crippen LogP contribution in [-0.4, -0.2) is 64.3 Å². The van der Waals surface area contributed by atoms with Gasteiger partial charge in [0.25, 0.3) is 5.91 Å². The number of hydrogen-bond acceptors (Lipinski definition) is 5. The van der Waals surface area contributed by atoms with E-state index in [1.807, 2.05) is 38.1 Å². The zero-order valence-electron chi connectivity index (χ0n) is 15.7. The number of aromatic nitrogens is 2. The molecule has 140 valence electrons. The topological polar surface area (TPSA) is 75.6 Å². The molecule has 27 heavy (non-hydrogen) atoms. The molecule has 2 amide bonds. The van der Waals surface area contributed by atoms with Crippen molar-refractivity contribution in [3.63, 3.8) is 0 Å². The fourth-order valence-electron chi connectivity index (χ4n) is 3.78. The Morgan fingerprint density at radius 3 is 2.59 bits per heavy atom. The number of carbonyl (C=O) groups excluding carboxylic acids is 2. The number of likely N-dealkylation sites (tertiary alicyclic amines) is 1. The van der Waals surface area contributed by atoms with Gasteiger partial charge in [0.05, 0.1) is 25.0 Å². The third kappa shape index (κ3) is 3.03. The van der Waals surface area contributed by atoms with Gasteiger partial charge in [0.1, 0.15) is 0 Å². The molecule has 1 spiro atoms. The van der Waals surface area contributed by atoms with Crippen LogP contribution in [0.15, 0.2) is 30.5 Å². The van der Waals surface area contributed by atoms with Crippen LogP contribution in [0.3, 0.4) is 0 Å². The summed E-state index contributed by atoms with van der Waals surface area (Å²) in [7, 11) is 1.72. The van der Waals surface area contributed by atoms with Gasteiger partial charge in [0, 0.05) is 31.1 Å². The van der Waals surface area contributed by atoms with Crippen LogP contribution in [0.4, 0.5) is 4.79 Å². The van der Waals surface area contributed by atoms with Gasteiger partial charge < -0.3 is 14.5 Å². The van der Waals surface area contributed by atoms with E-state index in [1.54, 1.807) is 23.0 Å². The van der Waals surface area contributed by atoms with Crippen LogP contribution in [-0.2, 0) is 4.74 Å². The van der Waals surface area contributed by atoms with Crippen molar-refractivity contribution in [1.82, 2.24) is 20.0 Å². The summed E-state index contributed by atoms with van der Waals surface area (Å²) >= 11 is 0. The number of aryl methyl sites for hydroxylation is 1. The van der Waals surface area contributed by atoms with Gasteiger partial charge in [0.2, 0.25) is 0 Å². The standard InChI is InChI=1S/C20H22N4O3/c1-13-10-21-22-17(14(13)2)15-4-6-16(7-5-15)18(25)24-9-8-20(12-24)11-23(3)19(26)27-20/h4-7,10H,8-9,11-12H2,1-3H3. The van der Waals surface area contributed by atoms with Gasteiger partial charge in [-0.1, -0.05) is 12.1 Å². The van der Waals surface area contributed by atoms with Gasteiger partial charge in [-0.2, -0.15) is 10.2 Å². The van der Waals surface area contributed by atoms with E-state index >= 15 is 0 Å². The molecular weight excluding hydrogens is 344 g/mol. The Hall–Kier alpha value is -2.96. The number of carbonyl (C=O) groups is 2. The first-order valence-electron chi connectivity index (χ1n) is 9.01. The van der Waals surface area contributed by atoms with Gasteiger partial charge in [-0.25, -0.2) is 4.79 Å². The van der Waals surface area contributed by atoms with Crippen LogP contribution < -0.4 is 0 Å². The normalized spacial score (nSPS) is 21.8. The van der Waals surface area contributed by atoms with Crippen molar-refractivity contribution < 1.29 is 14.3 Å². The number of likely N-dealkylation sites (N-methyl/N-ethyl adjacent to an activating group) is 1. The number of rotatable bonds is 2. The molecule has 1 atom stereocenters. The summed E-state index contributed by atoms with van der Waals surface area (Å²) in [6.45, 7) is 5.57. The SMILES string of the molecule is Cc1cnnc(-c2ccc(C(=O)N3CCC4(CN(C)C(=O)O4)C3)cc2)c1C. The van der Waals surface area contributed by atoms with Crippen LogP contribution in [0, 0.1) is 13.8 Å². The molecule has 2 aliphatic rings. The number of nitrogens with zero attached hydrogens (tertiary/aromatic N) is 4. The lowest BCUT2D eigenvalue weighted by Gasteiger charge is -2.21. The minimum atomic E-state index is -0.560. The van der Waals surface area contributed by atoms with E-state index in [0.717, 1.165) is 22.4 Å². The second-order valence-electron chi connectivity index (χ2n) is 7.46. The van der Waals surface area contributed by atoms with Crippen LogP contribution >= 0.6 is 0 Å². The Morgan fingerprint density at radius 2 is 1.93 bits per heavy atom. The molecule has 2 saturated heterocycles. The van der Waals surface area contributed by atoms with Crippen molar-refractivity contribution >= 4 is 12.0 Å². The summed E-state index contributed by atoms with van der Waals surface area (Å²) in [6, 6.07) is 7.44. The highest BCUT2D eigenvalue weighted by Crippen LogP contribution is 2.32. The smallest absolute Gasteiger partial charge is 0.410 e. The largest absolute Gasteiger partial charge is 0.439 e. The molecule has 1 unspecified atom stereocenters. The highest BCUT2D eigenvalue weighted by atomic mass is 16.6. The predicted octanol–water partition coefficient (Wildman–Crippen LogP) is 2.43. The van der Waals surface area contributed by atoms with Crippen molar-refractivity contribution in [3.05, 3.63) is 47.2 Å². The zero-order chi connectivity index (χ0) is 19.2. The molecule has 1 aromatic carbocycles. The highest BCUT2D eigenvalue weighted by molar-refractivity contribution is 5.95. The molecule has 0 saturated carbocycles. The molecule has 3 heterocycles. The summed E-state index contributed by atoms with van der Waals surface area (Å²) in [6.07, 6.45) is 2.10. The van der Waals surface area contributed by atoms with E-state index < -0.39 is 5.60 Å². The average Bonchev–Trinajstić information content (AvgIpc) is 3.19. The first kappa shape index (κ1) is 17.5. The maximum absolute atomic E-state index is 12.9. The van der Waals surface area contributed by atoms with Crippen molar-refractivity contribution in [2.24, 2.45) is 0 Å². The molecule has 2 aliphatic heterocycles.